The maximum atomic E-state index is 12.2. The van der Waals surface area contributed by atoms with Crippen LogP contribution in [0.5, 0.6) is 0 Å². The number of amides is 1. The van der Waals surface area contributed by atoms with Gasteiger partial charge in [-0.15, -0.1) is 11.8 Å². The average molecular weight is 289 g/mol. The lowest BCUT2D eigenvalue weighted by atomic mass is 10.1. The highest BCUT2D eigenvalue weighted by molar-refractivity contribution is 8.00. The van der Waals surface area contributed by atoms with E-state index in [0.29, 0.717) is 0 Å². The number of aliphatic hydroxyl groups is 1. The fourth-order valence-corrected chi connectivity index (χ4v) is 3.44. The lowest BCUT2D eigenvalue weighted by Crippen LogP contribution is -2.27. The highest BCUT2D eigenvalue weighted by Gasteiger charge is 2.21. The predicted octanol–water partition coefficient (Wildman–Crippen LogP) is 2.56. The highest BCUT2D eigenvalue weighted by atomic mass is 32.2. The first-order chi connectivity index (χ1) is 9.69. The van der Waals surface area contributed by atoms with Crippen LogP contribution in [0.2, 0.25) is 0 Å². The predicted molar refractivity (Wildman–Crippen MR) is 83.9 cm³/mol. The Balaban J connectivity index is 2.08. The Morgan fingerprint density at radius 1 is 1.45 bits per heavy atom. The summed E-state index contributed by atoms with van der Waals surface area (Å²) in [4.78, 5) is 12.2. The summed E-state index contributed by atoms with van der Waals surface area (Å²) in [6.45, 7) is 1.81. The van der Waals surface area contributed by atoms with Gasteiger partial charge in [0.1, 0.15) is 6.61 Å². The summed E-state index contributed by atoms with van der Waals surface area (Å²) in [5.74, 6) is 6.65. The fraction of sp³-hybridized carbons (Fsp3) is 0.438. The number of carbonyl (C=O) groups excluding carboxylic acids is 1. The lowest BCUT2D eigenvalue weighted by molar-refractivity contribution is -0.115. The second-order valence-corrected chi connectivity index (χ2v) is 6.20. The molecule has 0 radical (unpaired) electrons. The second-order valence-electron chi connectivity index (χ2n) is 4.89. The molecule has 1 aromatic carbocycles. The van der Waals surface area contributed by atoms with Crippen molar-refractivity contribution in [3.05, 3.63) is 29.3 Å². The van der Waals surface area contributed by atoms with Gasteiger partial charge in [-0.1, -0.05) is 18.3 Å². The van der Waals surface area contributed by atoms with Crippen molar-refractivity contribution in [2.24, 2.45) is 0 Å². The van der Waals surface area contributed by atoms with Crippen LogP contribution < -0.4 is 5.32 Å². The molecule has 2 rings (SSSR count). The Morgan fingerprint density at radius 3 is 3.00 bits per heavy atom. The fourth-order valence-electron chi connectivity index (χ4n) is 2.24. The first kappa shape index (κ1) is 15.0. The summed E-state index contributed by atoms with van der Waals surface area (Å²) < 4.78 is 0. The molecule has 2 N–H and O–H groups in total. The van der Waals surface area contributed by atoms with Gasteiger partial charge in [-0.25, -0.2) is 0 Å². The van der Waals surface area contributed by atoms with Gasteiger partial charge in [-0.3, -0.25) is 4.79 Å². The van der Waals surface area contributed by atoms with Crippen LogP contribution in [0.15, 0.2) is 18.2 Å². The van der Waals surface area contributed by atoms with E-state index in [1.54, 1.807) is 11.8 Å². The van der Waals surface area contributed by atoms with Gasteiger partial charge in [-0.05, 0) is 49.3 Å². The van der Waals surface area contributed by atoms with E-state index in [0.717, 1.165) is 35.4 Å². The Hall–Kier alpha value is -1.44. The molecule has 0 saturated carbocycles. The SMILES string of the molecule is Cc1cc(C#CCO)cc(NC(=O)C2CCCCS2)c1. The number of benzene rings is 1. The molecule has 106 valence electrons. The molecule has 0 spiro atoms. The summed E-state index contributed by atoms with van der Waals surface area (Å²) >= 11 is 1.74. The van der Waals surface area contributed by atoms with Crippen molar-refractivity contribution < 1.29 is 9.90 Å². The molecule has 4 heteroatoms. The zero-order valence-electron chi connectivity index (χ0n) is 11.6. The van der Waals surface area contributed by atoms with Gasteiger partial charge in [0.2, 0.25) is 5.91 Å². The van der Waals surface area contributed by atoms with E-state index < -0.39 is 0 Å². The van der Waals surface area contributed by atoms with Gasteiger partial charge in [0, 0.05) is 11.3 Å². The molecule has 1 atom stereocenters. The van der Waals surface area contributed by atoms with E-state index in [-0.39, 0.29) is 17.8 Å². The van der Waals surface area contributed by atoms with Crippen molar-refractivity contribution in [1.82, 2.24) is 0 Å². The van der Waals surface area contributed by atoms with E-state index in [9.17, 15) is 4.79 Å². The van der Waals surface area contributed by atoms with Crippen molar-refractivity contribution in [1.29, 1.82) is 0 Å². The number of anilines is 1. The van der Waals surface area contributed by atoms with Gasteiger partial charge >= 0.3 is 0 Å². The van der Waals surface area contributed by atoms with Crippen LogP contribution in [0.4, 0.5) is 5.69 Å². The van der Waals surface area contributed by atoms with Crippen molar-refractivity contribution >= 4 is 23.4 Å². The maximum absolute atomic E-state index is 12.2. The van der Waals surface area contributed by atoms with Crippen molar-refractivity contribution in [2.75, 3.05) is 17.7 Å². The van der Waals surface area contributed by atoms with Gasteiger partial charge in [0.05, 0.1) is 5.25 Å². The monoisotopic (exact) mass is 289 g/mol. The summed E-state index contributed by atoms with van der Waals surface area (Å²) in [5.41, 5.74) is 2.63. The molecule has 3 nitrogen and oxygen atoms in total. The molecule has 1 saturated heterocycles. The molecule has 20 heavy (non-hydrogen) atoms. The first-order valence-electron chi connectivity index (χ1n) is 6.83. The molecule has 0 aliphatic carbocycles. The van der Waals surface area contributed by atoms with Crippen LogP contribution in [0.1, 0.15) is 30.4 Å². The second kappa shape index (κ2) is 7.37. The number of thioether (sulfide) groups is 1. The summed E-state index contributed by atoms with van der Waals surface area (Å²) in [5, 5.41) is 11.8. The number of hydrogen-bond acceptors (Lipinski definition) is 3. The van der Waals surface area contributed by atoms with Gasteiger partial charge < -0.3 is 10.4 Å². The minimum atomic E-state index is -0.158. The summed E-state index contributed by atoms with van der Waals surface area (Å²) in [6.07, 6.45) is 3.30. The van der Waals surface area contributed by atoms with E-state index in [1.807, 2.05) is 25.1 Å². The van der Waals surface area contributed by atoms with Crippen LogP contribution in [0.25, 0.3) is 0 Å². The molecular formula is C16H19NO2S. The minimum absolute atomic E-state index is 0.0660. The third kappa shape index (κ3) is 4.29. The Morgan fingerprint density at radius 2 is 2.30 bits per heavy atom. The highest BCUT2D eigenvalue weighted by Crippen LogP contribution is 2.26. The Labute approximate surface area is 124 Å². The molecule has 1 aliphatic heterocycles. The Bertz CT molecular complexity index is 539. The van der Waals surface area contributed by atoms with Crippen LogP contribution in [0.3, 0.4) is 0 Å². The standard InChI is InChI=1S/C16H19NO2S/c1-12-9-13(5-4-7-18)11-14(10-12)17-16(19)15-6-2-3-8-20-15/h9-11,15,18H,2-3,6-8H2,1H3,(H,17,19). The van der Waals surface area contributed by atoms with Gasteiger partial charge in [0.25, 0.3) is 0 Å². The molecule has 0 aromatic heterocycles. The average Bonchev–Trinajstić information content (AvgIpc) is 2.45. The van der Waals surface area contributed by atoms with Gasteiger partial charge in [0.15, 0.2) is 0 Å². The van der Waals surface area contributed by atoms with Crippen LogP contribution in [-0.2, 0) is 4.79 Å². The van der Waals surface area contributed by atoms with Crippen LogP contribution in [0, 0.1) is 18.8 Å². The summed E-state index contributed by atoms with van der Waals surface area (Å²) in [6, 6.07) is 5.73. The third-order valence-corrected chi connectivity index (χ3v) is 4.51. The normalized spacial score (nSPS) is 18.0. The largest absolute Gasteiger partial charge is 0.384 e. The van der Waals surface area contributed by atoms with Gasteiger partial charge in [-0.2, -0.15) is 0 Å². The van der Waals surface area contributed by atoms with Crippen molar-refractivity contribution in [2.45, 2.75) is 31.4 Å². The molecule has 1 aliphatic rings. The molecule has 1 aromatic rings. The van der Waals surface area contributed by atoms with E-state index >= 15 is 0 Å². The van der Waals surface area contributed by atoms with Crippen LogP contribution in [-0.4, -0.2) is 28.6 Å². The van der Waals surface area contributed by atoms with Crippen LogP contribution >= 0.6 is 11.8 Å². The molecule has 1 heterocycles. The number of rotatable bonds is 2. The number of carbonyl (C=O) groups is 1. The number of nitrogens with one attached hydrogen (secondary N) is 1. The van der Waals surface area contributed by atoms with E-state index in [4.69, 9.17) is 5.11 Å². The first-order valence-corrected chi connectivity index (χ1v) is 7.88. The molecule has 1 unspecified atom stereocenters. The molecule has 1 fully saturated rings. The van der Waals surface area contributed by atoms with E-state index in [2.05, 4.69) is 17.2 Å². The zero-order valence-corrected chi connectivity index (χ0v) is 12.4. The maximum Gasteiger partial charge on any atom is 0.237 e. The topological polar surface area (TPSA) is 49.3 Å². The summed E-state index contributed by atoms with van der Waals surface area (Å²) in [7, 11) is 0. The number of aryl methyl sites for hydroxylation is 1. The third-order valence-electron chi connectivity index (χ3n) is 3.13. The smallest absolute Gasteiger partial charge is 0.237 e. The molecule has 1 amide bonds. The molecular weight excluding hydrogens is 270 g/mol. The molecule has 0 bridgehead atoms. The minimum Gasteiger partial charge on any atom is -0.384 e. The zero-order chi connectivity index (χ0) is 14.4. The number of hydrogen-bond donors (Lipinski definition) is 2. The Kier molecular flexibility index (Phi) is 5.51. The quantitative estimate of drug-likeness (QED) is 0.823. The van der Waals surface area contributed by atoms with Crippen molar-refractivity contribution in [3.63, 3.8) is 0 Å². The number of aliphatic hydroxyl groups excluding tert-OH is 1. The van der Waals surface area contributed by atoms with Crippen molar-refractivity contribution in [3.8, 4) is 11.8 Å². The van der Waals surface area contributed by atoms with E-state index in [1.165, 1.54) is 6.42 Å². The lowest BCUT2D eigenvalue weighted by Gasteiger charge is -2.20.